The maximum Gasteiger partial charge on any atom is 0.252 e. The van der Waals surface area contributed by atoms with E-state index in [4.69, 9.17) is 0 Å². The second-order valence-electron chi connectivity index (χ2n) is 16.2. The monoisotopic (exact) mass is 699 g/mol. The van der Waals surface area contributed by atoms with Gasteiger partial charge in [0.1, 0.15) is 8.07 Å². The average molecular weight is 700 g/mol. The minimum atomic E-state index is -1.98. The first-order chi connectivity index (χ1) is 25.7. The molecule has 256 valence electrons. The molecule has 0 spiro atoms. The number of rotatable bonds is 4. The predicted octanol–water partition coefficient (Wildman–Crippen LogP) is 9.67. The molecule has 7 aromatic rings. The maximum atomic E-state index is 2.59. The maximum absolute atomic E-state index is 2.59. The van der Waals surface area contributed by atoms with Crippen LogP contribution in [0.4, 0.5) is 51.2 Å². The van der Waals surface area contributed by atoms with Crippen LogP contribution in [0.1, 0.15) is 26.3 Å². The summed E-state index contributed by atoms with van der Waals surface area (Å²) in [6.45, 7) is 12.1. The summed E-state index contributed by atoms with van der Waals surface area (Å²) in [7, 11) is -1.98. The Balaban J connectivity index is 1.26. The zero-order chi connectivity index (χ0) is 36.1. The summed E-state index contributed by atoms with van der Waals surface area (Å²) in [5, 5.41) is 3.01. The molecule has 0 aliphatic carbocycles. The van der Waals surface area contributed by atoms with Gasteiger partial charge in [-0.15, -0.1) is 0 Å². The Hall–Kier alpha value is -5.78. The van der Waals surface area contributed by atoms with Crippen molar-refractivity contribution in [3.8, 4) is 0 Å². The number of hydrogen-bond donors (Lipinski definition) is 0. The Morgan fingerprint density at radius 3 is 1.91 bits per heavy atom. The van der Waals surface area contributed by atoms with E-state index in [9.17, 15) is 0 Å². The summed E-state index contributed by atoms with van der Waals surface area (Å²) in [4.78, 5) is 7.56. The quantitative estimate of drug-likeness (QED) is 0.170. The lowest BCUT2D eigenvalue weighted by atomic mass is 9.33. The molecular formula is C48H42BN3Si. The Morgan fingerprint density at radius 2 is 1.13 bits per heavy atom. The van der Waals surface area contributed by atoms with Crippen LogP contribution < -0.4 is 41.5 Å². The van der Waals surface area contributed by atoms with Crippen LogP contribution in [0.25, 0.3) is 0 Å². The molecule has 0 N–H and O–H groups in total. The fourth-order valence-corrected chi connectivity index (χ4v) is 12.4. The highest BCUT2D eigenvalue weighted by atomic mass is 28.3. The van der Waals surface area contributed by atoms with Crippen molar-refractivity contribution < 1.29 is 0 Å². The molecule has 3 nitrogen and oxygen atoms in total. The van der Waals surface area contributed by atoms with E-state index in [-0.39, 0.29) is 12.1 Å². The van der Waals surface area contributed by atoms with Crippen LogP contribution in [0.15, 0.2) is 164 Å². The zero-order valence-electron chi connectivity index (χ0n) is 31.0. The van der Waals surface area contributed by atoms with Gasteiger partial charge in [-0.1, -0.05) is 137 Å². The molecule has 10 rings (SSSR count). The van der Waals surface area contributed by atoms with Crippen LogP contribution >= 0.6 is 0 Å². The highest BCUT2D eigenvalue weighted by Gasteiger charge is 2.48. The lowest BCUT2D eigenvalue weighted by Crippen LogP contribution is -2.67. The van der Waals surface area contributed by atoms with Crippen molar-refractivity contribution in [2.24, 2.45) is 0 Å². The molecule has 0 saturated heterocycles. The molecular weight excluding hydrogens is 657 g/mol. The van der Waals surface area contributed by atoms with Crippen LogP contribution in [-0.2, 0) is 5.41 Å². The third-order valence-electron chi connectivity index (χ3n) is 11.7. The van der Waals surface area contributed by atoms with Gasteiger partial charge < -0.3 is 14.7 Å². The number of benzene rings is 7. The molecule has 3 heterocycles. The van der Waals surface area contributed by atoms with Crippen LogP contribution in [-0.4, -0.2) is 14.8 Å². The first-order valence-electron chi connectivity index (χ1n) is 18.8. The van der Waals surface area contributed by atoms with Crippen molar-refractivity contribution in [3.05, 3.63) is 169 Å². The first kappa shape index (κ1) is 31.9. The Labute approximate surface area is 314 Å². The van der Waals surface area contributed by atoms with Gasteiger partial charge in [-0.2, -0.15) is 0 Å². The molecule has 5 heteroatoms. The van der Waals surface area contributed by atoms with Gasteiger partial charge >= 0.3 is 0 Å². The van der Waals surface area contributed by atoms with Gasteiger partial charge in [0.25, 0.3) is 6.71 Å². The van der Waals surface area contributed by atoms with Crippen molar-refractivity contribution in [3.63, 3.8) is 0 Å². The SMILES string of the molecule is CC(C)(C)c1ccccc1N(c1ccccc1)c1ccc2c(c1)N(c1ccccc1)c1cccc3c1B2c1cccc2c1N3c1ccccc1[Si]2(C)C. The summed E-state index contributed by atoms with van der Waals surface area (Å²) >= 11 is 0. The van der Waals surface area contributed by atoms with Crippen molar-refractivity contribution in [2.75, 3.05) is 14.7 Å². The van der Waals surface area contributed by atoms with Gasteiger partial charge in [-0.05, 0) is 98.4 Å². The fraction of sp³-hybridized carbons (Fsp3) is 0.125. The van der Waals surface area contributed by atoms with Gasteiger partial charge in [0, 0.05) is 51.2 Å². The molecule has 0 radical (unpaired) electrons. The fourth-order valence-electron chi connectivity index (χ4n) is 9.37. The molecule has 0 unspecified atom stereocenters. The van der Waals surface area contributed by atoms with Gasteiger partial charge in [-0.25, -0.2) is 0 Å². The normalized spacial score (nSPS) is 14.5. The molecule has 0 saturated carbocycles. The number of anilines is 9. The number of hydrogen-bond acceptors (Lipinski definition) is 3. The van der Waals surface area contributed by atoms with E-state index < -0.39 is 8.07 Å². The summed E-state index contributed by atoms with van der Waals surface area (Å²) in [6, 6.07) is 61.1. The summed E-state index contributed by atoms with van der Waals surface area (Å²) in [6.07, 6.45) is 0. The van der Waals surface area contributed by atoms with Crippen LogP contribution in [0.2, 0.25) is 13.1 Å². The van der Waals surface area contributed by atoms with Crippen LogP contribution in [0, 0.1) is 0 Å². The lowest BCUT2D eigenvalue weighted by Gasteiger charge is -2.49. The average Bonchev–Trinajstić information content (AvgIpc) is 3.18. The predicted molar refractivity (Wildman–Crippen MR) is 231 cm³/mol. The van der Waals surface area contributed by atoms with Gasteiger partial charge in [-0.3, -0.25) is 0 Å². The summed E-state index contributed by atoms with van der Waals surface area (Å²) in [5.74, 6) is 0. The molecule has 0 bridgehead atoms. The van der Waals surface area contributed by atoms with Gasteiger partial charge in [0.05, 0.1) is 0 Å². The topological polar surface area (TPSA) is 9.72 Å². The third-order valence-corrected chi connectivity index (χ3v) is 15.2. The number of fused-ring (bicyclic) bond motifs is 6. The Kier molecular flexibility index (Phi) is 6.99. The van der Waals surface area contributed by atoms with E-state index in [1.165, 1.54) is 66.4 Å². The van der Waals surface area contributed by atoms with Gasteiger partial charge in [0.2, 0.25) is 0 Å². The van der Waals surface area contributed by atoms with Crippen molar-refractivity contribution in [1.29, 1.82) is 0 Å². The molecule has 3 aliphatic rings. The van der Waals surface area contributed by atoms with Gasteiger partial charge in [0.15, 0.2) is 0 Å². The molecule has 0 amide bonds. The second-order valence-corrected chi connectivity index (χ2v) is 20.5. The molecule has 0 fully saturated rings. The van der Waals surface area contributed by atoms with E-state index in [1.807, 2.05) is 0 Å². The largest absolute Gasteiger partial charge is 0.312 e. The van der Waals surface area contributed by atoms with Crippen molar-refractivity contribution in [2.45, 2.75) is 39.3 Å². The van der Waals surface area contributed by atoms with Crippen molar-refractivity contribution in [1.82, 2.24) is 0 Å². The summed E-state index contributed by atoms with van der Waals surface area (Å²) < 4.78 is 0. The zero-order valence-corrected chi connectivity index (χ0v) is 32.0. The van der Waals surface area contributed by atoms with E-state index in [2.05, 4.69) is 212 Å². The summed E-state index contributed by atoms with van der Waals surface area (Å²) in [5.41, 5.74) is 16.5. The Morgan fingerprint density at radius 1 is 0.509 bits per heavy atom. The number of para-hydroxylation sites is 5. The number of nitrogens with zero attached hydrogens (tertiary/aromatic N) is 3. The van der Waals surface area contributed by atoms with Crippen LogP contribution in [0.3, 0.4) is 0 Å². The van der Waals surface area contributed by atoms with Crippen LogP contribution in [0.5, 0.6) is 0 Å². The van der Waals surface area contributed by atoms with Crippen molar-refractivity contribution >= 4 is 92.7 Å². The highest BCUT2D eigenvalue weighted by Crippen LogP contribution is 2.47. The lowest BCUT2D eigenvalue weighted by molar-refractivity contribution is 0.591. The molecule has 7 aromatic carbocycles. The molecule has 3 aliphatic heterocycles. The van der Waals surface area contributed by atoms with E-state index >= 15 is 0 Å². The molecule has 53 heavy (non-hydrogen) atoms. The van der Waals surface area contributed by atoms with E-state index in [0.29, 0.717) is 0 Å². The standard InChI is InChI=1S/C48H42BN3Si/c1-48(2,3)36-22-12-13-24-39(36)50(33-18-8-6-9-19-33)35-30-31-37-43(32-35)51(34-20-10-7-11-21-34)41-26-17-27-42-46(41)49(37)38-23-16-29-45-47(38)52(42)40-25-14-15-28-44(40)53(45,4)5/h6-32H,1-5H3. The third kappa shape index (κ3) is 4.66. The molecule has 0 atom stereocenters. The minimum absolute atomic E-state index is 0.0423. The minimum Gasteiger partial charge on any atom is -0.312 e. The van der Waals surface area contributed by atoms with E-state index in [1.54, 1.807) is 0 Å². The van der Waals surface area contributed by atoms with E-state index in [0.717, 1.165) is 17.1 Å². The highest BCUT2D eigenvalue weighted by molar-refractivity contribution is 7.05. The smallest absolute Gasteiger partial charge is 0.252 e. The molecule has 0 aromatic heterocycles. The first-order valence-corrected chi connectivity index (χ1v) is 21.8. The Bertz CT molecular complexity index is 2560. The second kappa shape index (κ2) is 11.6.